The first-order valence-electron chi connectivity index (χ1n) is 5.53. The maximum Gasteiger partial charge on any atom is 0.0576 e. The molecule has 1 rings (SSSR count). The third kappa shape index (κ3) is 3.65. The van der Waals surface area contributed by atoms with Crippen molar-refractivity contribution in [2.45, 2.75) is 51.7 Å². The van der Waals surface area contributed by atoms with Crippen molar-refractivity contribution in [3.8, 4) is 0 Å². The van der Waals surface area contributed by atoms with Crippen molar-refractivity contribution < 1.29 is 4.74 Å². The van der Waals surface area contributed by atoms with Gasteiger partial charge in [-0.2, -0.15) is 0 Å². The lowest BCUT2D eigenvalue weighted by atomic mass is 9.96. The molecule has 0 spiro atoms. The minimum absolute atomic E-state index is 0.562. The van der Waals surface area contributed by atoms with Gasteiger partial charge in [0.25, 0.3) is 0 Å². The Hall–Kier alpha value is -0.0800. The first kappa shape index (κ1) is 11.0. The predicted octanol–water partition coefficient (Wildman–Crippen LogP) is 2.19. The molecule has 1 heterocycles. The number of rotatable bonds is 5. The van der Waals surface area contributed by atoms with Gasteiger partial charge >= 0.3 is 0 Å². The van der Waals surface area contributed by atoms with Crippen LogP contribution >= 0.6 is 0 Å². The van der Waals surface area contributed by atoms with Gasteiger partial charge in [-0.1, -0.05) is 6.92 Å². The molecule has 1 aliphatic heterocycles. The Bertz CT molecular complexity index is 132. The van der Waals surface area contributed by atoms with Crippen LogP contribution < -0.4 is 5.32 Å². The normalized spacial score (nSPS) is 27.5. The molecule has 1 N–H and O–H groups in total. The molecule has 3 atom stereocenters. The fraction of sp³-hybridized carbons (Fsp3) is 1.00. The van der Waals surface area contributed by atoms with Crippen molar-refractivity contribution in [3.63, 3.8) is 0 Å². The van der Waals surface area contributed by atoms with Crippen LogP contribution in [-0.4, -0.2) is 25.8 Å². The molecule has 3 unspecified atom stereocenters. The molecule has 0 aromatic heterocycles. The number of nitrogens with one attached hydrogen (secondary N) is 1. The molecule has 2 heteroatoms. The molecule has 0 radical (unpaired) electrons. The van der Waals surface area contributed by atoms with Crippen molar-refractivity contribution in [3.05, 3.63) is 0 Å². The van der Waals surface area contributed by atoms with Crippen LogP contribution in [0, 0.1) is 5.92 Å². The summed E-state index contributed by atoms with van der Waals surface area (Å²) in [6.07, 6.45) is 5.63. The van der Waals surface area contributed by atoms with E-state index in [-0.39, 0.29) is 0 Å². The van der Waals surface area contributed by atoms with Gasteiger partial charge < -0.3 is 10.1 Å². The van der Waals surface area contributed by atoms with Crippen LogP contribution in [0.15, 0.2) is 0 Å². The Labute approximate surface area is 82.0 Å². The second-order valence-electron chi connectivity index (χ2n) is 4.27. The lowest BCUT2D eigenvalue weighted by Gasteiger charge is -2.20. The molecule has 2 nitrogen and oxygen atoms in total. The van der Waals surface area contributed by atoms with Crippen LogP contribution in [-0.2, 0) is 4.74 Å². The van der Waals surface area contributed by atoms with Gasteiger partial charge in [0.1, 0.15) is 0 Å². The molecule has 0 amide bonds. The largest absolute Gasteiger partial charge is 0.378 e. The van der Waals surface area contributed by atoms with Gasteiger partial charge in [-0.3, -0.25) is 0 Å². The smallest absolute Gasteiger partial charge is 0.0576 e. The fourth-order valence-corrected chi connectivity index (χ4v) is 1.86. The first-order valence-corrected chi connectivity index (χ1v) is 5.53. The second kappa shape index (κ2) is 5.61. The van der Waals surface area contributed by atoms with E-state index in [1.165, 1.54) is 25.7 Å². The Morgan fingerprint density at radius 3 is 2.77 bits per heavy atom. The number of hydrogen-bond acceptors (Lipinski definition) is 2. The number of hydrogen-bond donors (Lipinski definition) is 1. The molecule has 0 aromatic carbocycles. The van der Waals surface area contributed by atoms with E-state index in [1.54, 1.807) is 0 Å². The van der Waals surface area contributed by atoms with Gasteiger partial charge in [-0.25, -0.2) is 0 Å². The van der Waals surface area contributed by atoms with Crippen LogP contribution in [0.3, 0.4) is 0 Å². The maximum absolute atomic E-state index is 5.60. The first-order chi connectivity index (χ1) is 6.24. The topological polar surface area (TPSA) is 21.3 Å². The van der Waals surface area contributed by atoms with Crippen LogP contribution in [0.2, 0.25) is 0 Å². The molecule has 0 bridgehead atoms. The molecular formula is C11H23NO. The van der Waals surface area contributed by atoms with Gasteiger partial charge in [0, 0.05) is 12.6 Å². The molecular weight excluding hydrogens is 162 g/mol. The summed E-state index contributed by atoms with van der Waals surface area (Å²) in [5.74, 6) is 0.759. The maximum atomic E-state index is 5.60. The second-order valence-corrected chi connectivity index (χ2v) is 4.27. The summed E-state index contributed by atoms with van der Waals surface area (Å²) in [5.41, 5.74) is 0. The van der Waals surface area contributed by atoms with Gasteiger partial charge in [0.15, 0.2) is 0 Å². The third-order valence-corrected chi connectivity index (χ3v) is 3.28. The molecule has 78 valence electrons. The average Bonchev–Trinajstić information content (AvgIpc) is 2.65. The van der Waals surface area contributed by atoms with E-state index in [0.717, 1.165) is 12.5 Å². The average molecular weight is 185 g/mol. The molecule has 1 fully saturated rings. The predicted molar refractivity (Wildman–Crippen MR) is 55.9 cm³/mol. The lowest BCUT2D eigenvalue weighted by Crippen LogP contribution is -2.29. The minimum Gasteiger partial charge on any atom is -0.378 e. The van der Waals surface area contributed by atoms with Crippen molar-refractivity contribution in [2.75, 3.05) is 13.7 Å². The standard InChI is InChI=1S/C11H23NO/c1-9(10(2)12-3)6-7-11-5-4-8-13-11/h9-12H,4-8H2,1-3H3. The van der Waals surface area contributed by atoms with E-state index >= 15 is 0 Å². The highest BCUT2D eigenvalue weighted by Gasteiger charge is 2.17. The van der Waals surface area contributed by atoms with E-state index in [1.807, 2.05) is 7.05 Å². The highest BCUT2D eigenvalue weighted by Crippen LogP contribution is 2.20. The zero-order valence-corrected chi connectivity index (χ0v) is 9.18. The summed E-state index contributed by atoms with van der Waals surface area (Å²) < 4.78 is 5.60. The summed E-state index contributed by atoms with van der Waals surface area (Å²) in [7, 11) is 2.03. The quantitative estimate of drug-likeness (QED) is 0.709. The van der Waals surface area contributed by atoms with E-state index in [4.69, 9.17) is 4.74 Å². The zero-order valence-electron chi connectivity index (χ0n) is 9.18. The van der Waals surface area contributed by atoms with Crippen LogP contribution in [0.25, 0.3) is 0 Å². The van der Waals surface area contributed by atoms with E-state index in [2.05, 4.69) is 19.2 Å². The number of ether oxygens (including phenoxy) is 1. The highest BCUT2D eigenvalue weighted by molar-refractivity contribution is 4.71. The summed E-state index contributed by atoms with van der Waals surface area (Å²) in [5, 5.41) is 3.30. The minimum atomic E-state index is 0.562. The van der Waals surface area contributed by atoms with Crippen molar-refractivity contribution in [1.29, 1.82) is 0 Å². The molecule has 0 saturated carbocycles. The Balaban J connectivity index is 2.10. The SMILES string of the molecule is CNC(C)C(C)CCC1CCCO1. The Morgan fingerprint density at radius 2 is 2.23 bits per heavy atom. The van der Waals surface area contributed by atoms with E-state index in [9.17, 15) is 0 Å². The van der Waals surface area contributed by atoms with Crippen LogP contribution in [0.1, 0.15) is 39.5 Å². The zero-order chi connectivity index (χ0) is 9.68. The Kier molecular flexibility index (Phi) is 4.74. The van der Waals surface area contributed by atoms with Gasteiger partial charge in [0.05, 0.1) is 6.10 Å². The van der Waals surface area contributed by atoms with E-state index in [0.29, 0.717) is 12.1 Å². The van der Waals surface area contributed by atoms with Crippen LogP contribution in [0.5, 0.6) is 0 Å². The van der Waals surface area contributed by atoms with Gasteiger partial charge in [0.2, 0.25) is 0 Å². The summed E-state index contributed by atoms with van der Waals surface area (Å²) >= 11 is 0. The van der Waals surface area contributed by atoms with Crippen LogP contribution in [0.4, 0.5) is 0 Å². The van der Waals surface area contributed by atoms with Gasteiger partial charge in [-0.15, -0.1) is 0 Å². The van der Waals surface area contributed by atoms with Crippen molar-refractivity contribution in [2.24, 2.45) is 5.92 Å². The van der Waals surface area contributed by atoms with E-state index < -0.39 is 0 Å². The monoisotopic (exact) mass is 185 g/mol. The molecule has 0 aliphatic carbocycles. The molecule has 1 saturated heterocycles. The third-order valence-electron chi connectivity index (χ3n) is 3.28. The lowest BCUT2D eigenvalue weighted by molar-refractivity contribution is 0.0973. The van der Waals surface area contributed by atoms with Crippen molar-refractivity contribution >= 4 is 0 Å². The fourth-order valence-electron chi connectivity index (χ4n) is 1.86. The Morgan fingerprint density at radius 1 is 1.46 bits per heavy atom. The van der Waals surface area contributed by atoms with Crippen molar-refractivity contribution in [1.82, 2.24) is 5.32 Å². The summed E-state index contributed by atoms with van der Waals surface area (Å²) in [6, 6.07) is 0.626. The van der Waals surface area contributed by atoms with Gasteiger partial charge in [-0.05, 0) is 45.6 Å². The molecule has 1 aliphatic rings. The highest BCUT2D eigenvalue weighted by atomic mass is 16.5. The molecule has 0 aromatic rings. The summed E-state index contributed by atoms with van der Waals surface area (Å²) in [6.45, 7) is 5.55. The summed E-state index contributed by atoms with van der Waals surface area (Å²) in [4.78, 5) is 0. The molecule has 13 heavy (non-hydrogen) atoms.